The highest BCUT2D eigenvalue weighted by atomic mass is 16.4. The van der Waals surface area contributed by atoms with E-state index in [9.17, 15) is 9.90 Å². The highest BCUT2D eigenvalue weighted by Crippen LogP contribution is 2.28. The van der Waals surface area contributed by atoms with E-state index in [2.05, 4.69) is 22.9 Å². The lowest BCUT2D eigenvalue weighted by Gasteiger charge is -2.05. The smallest absolute Gasteiger partial charge is 0.328 e. The highest BCUT2D eigenvalue weighted by molar-refractivity contribution is 5.90. The van der Waals surface area contributed by atoms with E-state index in [-0.39, 0.29) is 5.75 Å². The molecule has 0 radical (unpaired) electrons. The number of fused-ring (bicyclic) bond motifs is 1. The van der Waals surface area contributed by atoms with Crippen LogP contribution >= 0.6 is 0 Å². The molecule has 4 rings (SSSR count). The Bertz CT molecular complexity index is 1170. The van der Waals surface area contributed by atoms with E-state index in [1.807, 2.05) is 48.5 Å². The van der Waals surface area contributed by atoms with Gasteiger partial charge in [0.2, 0.25) is 0 Å². The third-order valence-electron chi connectivity index (χ3n) is 4.98. The first kappa shape index (κ1) is 18.6. The molecule has 0 unspecified atom stereocenters. The quantitative estimate of drug-likeness (QED) is 0.449. The van der Waals surface area contributed by atoms with E-state index in [1.54, 1.807) is 18.2 Å². The number of carboxylic acids is 1. The van der Waals surface area contributed by atoms with Gasteiger partial charge < -0.3 is 14.8 Å². The topological polar surface area (TPSA) is 62.5 Å². The summed E-state index contributed by atoms with van der Waals surface area (Å²) < 4.78 is 2.11. The van der Waals surface area contributed by atoms with E-state index < -0.39 is 5.97 Å². The predicted octanol–water partition coefficient (Wildman–Crippen LogP) is 5.22. The molecule has 0 saturated heterocycles. The maximum Gasteiger partial charge on any atom is 0.328 e. The van der Waals surface area contributed by atoms with Crippen molar-refractivity contribution in [3.63, 3.8) is 0 Å². The van der Waals surface area contributed by atoms with Gasteiger partial charge in [0.05, 0.1) is 5.52 Å². The number of aryl methyl sites for hydroxylation is 2. The van der Waals surface area contributed by atoms with Gasteiger partial charge in [-0.2, -0.15) is 0 Å². The molecule has 29 heavy (non-hydrogen) atoms. The lowest BCUT2D eigenvalue weighted by Crippen LogP contribution is -1.92. The molecule has 0 aliphatic rings. The van der Waals surface area contributed by atoms with Crippen LogP contribution in [0.3, 0.4) is 0 Å². The molecule has 0 bridgehead atoms. The van der Waals surface area contributed by atoms with Gasteiger partial charge in [0.25, 0.3) is 0 Å². The molecule has 2 N–H and O–H groups in total. The number of hydrogen-bond acceptors (Lipinski definition) is 2. The Balaban J connectivity index is 1.77. The number of aliphatic carboxylic acids is 1. The fraction of sp³-hybridized carbons (Fsp3) is 0.0800. The Morgan fingerprint density at radius 2 is 1.69 bits per heavy atom. The summed E-state index contributed by atoms with van der Waals surface area (Å²) in [6.07, 6.45) is 6.69. The number of aromatic hydroxyl groups is 1. The summed E-state index contributed by atoms with van der Waals surface area (Å²) >= 11 is 0. The van der Waals surface area contributed by atoms with Crippen molar-refractivity contribution >= 4 is 22.9 Å². The van der Waals surface area contributed by atoms with Crippen molar-refractivity contribution < 1.29 is 15.0 Å². The zero-order chi connectivity index (χ0) is 20.2. The number of carbonyl (C=O) groups is 1. The van der Waals surface area contributed by atoms with Crippen LogP contribution in [0.5, 0.6) is 5.75 Å². The second kappa shape index (κ2) is 8.07. The molecule has 4 aromatic rings. The maximum atomic E-state index is 10.9. The van der Waals surface area contributed by atoms with Crippen LogP contribution in [0, 0.1) is 0 Å². The Morgan fingerprint density at radius 1 is 0.931 bits per heavy atom. The van der Waals surface area contributed by atoms with Crippen LogP contribution < -0.4 is 0 Å². The van der Waals surface area contributed by atoms with Gasteiger partial charge in [-0.05, 0) is 72.0 Å². The van der Waals surface area contributed by atoms with Gasteiger partial charge >= 0.3 is 5.97 Å². The van der Waals surface area contributed by atoms with Crippen molar-refractivity contribution in [1.82, 2.24) is 4.57 Å². The first-order valence-electron chi connectivity index (χ1n) is 9.48. The third-order valence-corrected chi connectivity index (χ3v) is 4.98. The predicted molar refractivity (Wildman–Crippen MR) is 115 cm³/mol. The van der Waals surface area contributed by atoms with E-state index in [0.717, 1.165) is 41.1 Å². The molecule has 0 amide bonds. The van der Waals surface area contributed by atoms with Gasteiger partial charge in [-0.25, -0.2) is 4.79 Å². The number of hydrogen-bond donors (Lipinski definition) is 2. The van der Waals surface area contributed by atoms with E-state index in [4.69, 9.17) is 5.11 Å². The van der Waals surface area contributed by atoms with Crippen molar-refractivity contribution in [3.8, 4) is 11.4 Å². The van der Waals surface area contributed by atoms with Gasteiger partial charge in [0, 0.05) is 23.3 Å². The van der Waals surface area contributed by atoms with Crippen LogP contribution in [0.4, 0.5) is 0 Å². The number of phenols is 1. The molecule has 4 heteroatoms. The normalized spacial score (nSPS) is 11.3. The fourth-order valence-corrected chi connectivity index (χ4v) is 3.54. The number of rotatable bonds is 6. The van der Waals surface area contributed by atoms with Crippen LogP contribution in [-0.4, -0.2) is 20.7 Å². The largest absolute Gasteiger partial charge is 0.508 e. The molecule has 0 fully saturated rings. The van der Waals surface area contributed by atoms with Crippen LogP contribution in [0.15, 0.2) is 85.1 Å². The van der Waals surface area contributed by atoms with Crippen molar-refractivity contribution in [1.29, 1.82) is 0 Å². The molecule has 3 aromatic carbocycles. The number of phenolic OH excluding ortho intramolecular Hbond substituents is 1. The van der Waals surface area contributed by atoms with Crippen molar-refractivity contribution in [2.45, 2.75) is 12.8 Å². The molecule has 0 aliphatic heterocycles. The van der Waals surface area contributed by atoms with Gasteiger partial charge in [0.1, 0.15) is 5.75 Å². The zero-order valence-electron chi connectivity index (χ0n) is 15.8. The molecule has 144 valence electrons. The summed E-state index contributed by atoms with van der Waals surface area (Å²) in [5.74, 6) is -0.730. The summed E-state index contributed by atoms with van der Waals surface area (Å²) in [4.78, 5) is 10.9. The Hall–Kier alpha value is -3.79. The van der Waals surface area contributed by atoms with Crippen LogP contribution in [-0.2, 0) is 17.6 Å². The Kier molecular flexibility index (Phi) is 5.16. The fourth-order valence-electron chi connectivity index (χ4n) is 3.54. The van der Waals surface area contributed by atoms with Gasteiger partial charge in [-0.1, -0.05) is 36.4 Å². The summed E-state index contributed by atoms with van der Waals surface area (Å²) in [6.45, 7) is 0. The highest BCUT2D eigenvalue weighted by Gasteiger charge is 2.11. The van der Waals surface area contributed by atoms with Crippen molar-refractivity contribution in [2.75, 3.05) is 0 Å². The third kappa shape index (κ3) is 4.22. The Labute approximate surface area is 169 Å². The van der Waals surface area contributed by atoms with Crippen LogP contribution in [0.25, 0.3) is 22.7 Å². The lowest BCUT2D eigenvalue weighted by molar-refractivity contribution is -0.131. The first-order valence-corrected chi connectivity index (χ1v) is 9.48. The molecule has 0 spiro atoms. The molecular formula is C25H21NO3. The molecule has 1 aromatic heterocycles. The monoisotopic (exact) mass is 383 g/mol. The zero-order valence-corrected chi connectivity index (χ0v) is 15.8. The van der Waals surface area contributed by atoms with Crippen molar-refractivity contribution in [2.24, 2.45) is 0 Å². The summed E-state index contributed by atoms with van der Waals surface area (Å²) in [6, 6.07) is 23.4. The van der Waals surface area contributed by atoms with E-state index in [1.165, 1.54) is 11.1 Å². The van der Waals surface area contributed by atoms with Gasteiger partial charge in [-0.3, -0.25) is 0 Å². The molecule has 0 atom stereocenters. The molecule has 1 heterocycles. The minimum Gasteiger partial charge on any atom is -0.508 e. The average Bonchev–Trinajstić information content (AvgIpc) is 3.10. The lowest BCUT2D eigenvalue weighted by atomic mass is 10.0. The van der Waals surface area contributed by atoms with Gasteiger partial charge in [0.15, 0.2) is 0 Å². The van der Waals surface area contributed by atoms with Crippen molar-refractivity contribution in [3.05, 3.63) is 102 Å². The molecule has 0 saturated carbocycles. The number of carboxylic acid groups (broad SMARTS) is 1. The van der Waals surface area contributed by atoms with Crippen LogP contribution in [0.1, 0.15) is 16.7 Å². The number of benzene rings is 3. The second-order valence-corrected chi connectivity index (χ2v) is 6.97. The van der Waals surface area contributed by atoms with E-state index >= 15 is 0 Å². The van der Waals surface area contributed by atoms with Crippen LogP contribution in [0.2, 0.25) is 0 Å². The number of nitrogens with zero attached hydrogens (tertiary/aromatic N) is 1. The summed E-state index contributed by atoms with van der Waals surface area (Å²) in [5.41, 5.74) is 5.34. The second-order valence-electron chi connectivity index (χ2n) is 6.97. The molecular weight excluding hydrogens is 362 g/mol. The Morgan fingerprint density at radius 3 is 2.41 bits per heavy atom. The average molecular weight is 383 g/mol. The van der Waals surface area contributed by atoms with E-state index in [0.29, 0.717) is 0 Å². The SMILES string of the molecule is O=C(O)C=Cc1ccc2c(c1)c(CCc1ccccc1)cn2-c1ccc(O)cc1. The minimum atomic E-state index is -0.962. The minimum absolute atomic E-state index is 0.232. The maximum absolute atomic E-state index is 10.9. The molecule has 4 nitrogen and oxygen atoms in total. The standard InChI is InChI=1S/C25H21NO3/c27-22-12-10-21(11-13-22)26-17-20(9-6-18-4-2-1-3-5-18)23-16-19(7-14-24(23)26)8-15-25(28)29/h1-5,7-8,10-17,27H,6,9H2,(H,28,29). The first-order chi connectivity index (χ1) is 14.1. The van der Waals surface area contributed by atoms with Gasteiger partial charge in [-0.15, -0.1) is 0 Å². The summed E-state index contributed by atoms with van der Waals surface area (Å²) in [5, 5.41) is 19.6. The molecule has 0 aliphatic carbocycles. The number of aromatic nitrogens is 1. The summed E-state index contributed by atoms with van der Waals surface area (Å²) in [7, 11) is 0.